The van der Waals surface area contributed by atoms with E-state index in [0.29, 0.717) is 0 Å². The number of nitrogens with one attached hydrogen (secondary N) is 2. The Morgan fingerprint density at radius 3 is 2.79 bits per heavy atom. The Morgan fingerprint density at radius 1 is 1.21 bits per heavy atom. The van der Waals surface area contributed by atoms with Gasteiger partial charge in [-0.2, -0.15) is 0 Å². The normalized spacial score (nSPS) is 10.3. The van der Waals surface area contributed by atoms with E-state index in [0.717, 1.165) is 34.6 Å². The number of hydrogen-bond donors (Lipinski definition) is 2. The fourth-order valence-corrected chi connectivity index (χ4v) is 2.33. The van der Waals surface area contributed by atoms with Gasteiger partial charge in [0.05, 0.1) is 5.69 Å². The van der Waals surface area contributed by atoms with Gasteiger partial charge in [0.25, 0.3) is 0 Å². The predicted octanol–water partition coefficient (Wildman–Crippen LogP) is 4.72. The van der Waals surface area contributed by atoms with Crippen molar-refractivity contribution in [3.63, 3.8) is 0 Å². The van der Waals surface area contributed by atoms with Gasteiger partial charge >= 0.3 is 0 Å². The summed E-state index contributed by atoms with van der Waals surface area (Å²) in [7, 11) is 0. The largest absolute Gasteiger partial charge is 0.370 e. The monoisotopic (exact) mass is 319 g/mol. The maximum absolute atomic E-state index is 4.29. The number of benzene rings is 1. The molecule has 0 atom stereocenters. The molecule has 0 bridgehead atoms. The minimum absolute atomic E-state index is 0.898. The number of aromatic nitrogens is 1. The standard InChI is InChI=1S/C15H18BrN3/c1-3-7-17-15-10-12(6-8-18-15)19-14-5-4-11(2)9-13(14)16/h4-6,8-10H,3,7H2,1-2H3,(H2,17,18,19). The smallest absolute Gasteiger partial charge is 0.127 e. The van der Waals surface area contributed by atoms with Crippen LogP contribution < -0.4 is 10.6 Å². The van der Waals surface area contributed by atoms with Gasteiger partial charge in [0.15, 0.2) is 0 Å². The molecule has 1 aromatic heterocycles. The lowest BCUT2D eigenvalue weighted by molar-refractivity contribution is 0.969. The van der Waals surface area contributed by atoms with Crippen LogP contribution in [0.3, 0.4) is 0 Å². The minimum atomic E-state index is 0.898. The summed E-state index contributed by atoms with van der Waals surface area (Å²) in [6, 6.07) is 10.2. The molecule has 4 heteroatoms. The van der Waals surface area contributed by atoms with E-state index in [2.05, 4.69) is 63.6 Å². The number of halogens is 1. The van der Waals surface area contributed by atoms with Crippen molar-refractivity contribution in [1.82, 2.24) is 4.98 Å². The molecule has 2 aromatic rings. The molecule has 0 unspecified atom stereocenters. The molecule has 2 rings (SSSR count). The fraction of sp³-hybridized carbons (Fsp3) is 0.267. The minimum Gasteiger partial charge on any atom is -0.370 e. The summed E-state index contributed by atoms with van der Waals surface area (Å²) in [6.45, 7) is 5.15. The molecular weight excluding hydrogens is 302 g/mol. The van der Waals surface area contributed by atoms with E-state index in [1.54, 1.807) is 0 Å². The first-order valence-electron chi connectivity index (χ1n) is 6.42. The third-order valence-corrected chi connectivity index (χ3v) is 3.38. The average Bonchev–Trinajstić information content (AvgIpc) is 2.40. The Morgan fingerprint density at radius 2 is 2.05 bits per heavy atom. The topological polar surface area (TPSA) is 37.0 Å². The molecule has 100 valence electrons. The van der Waals surface area contributed by atoms with Crippen LogP contribution in [0.5, 0.6) is 0 Å². The first-order chi connectivity index (χ1) is 9.19. The van der Waals surface area contributed by atoms with Crippen LogP contribution in [0.25, 0.3) is 0 Å². The van der Waals surface area contributed by atoms with Gasteiger partial charge in [0.1, 0.15) is 5.82 Å². The Bertz CT molecular complexity index is 555. The van der Waals surface area contributed by atoms with Gasteiger partial charge in [-0.15, -0.1) is 0 Å². The van der Waals surface area contributed by atoms with E-state index >= 15 is 0 Å². The molecule has 1 aromatic carbocycles. The van der Waals surface area contributed by atoms with Crippen molar-refractivity contribution in [2.75, 3.05) is 17.2 Å². The molecule has 0 amide bonds. The summed E-state index contributed by atoms with van der Waals surface area (Å²) in [5.74, 6) is 0.898. The van der Waals surface area contributed by atoms with E-state index in [1.807, 2.05) is 18.3 Å². The van der Waals surface area contributed by atoms with E-state index in [-0.39, 0.29) is 0 Å². The van der Waals surface area contributed by atoms with E-state index in [4.69, 9.17) is 0 Å². The van der Waals surface area contributed by atoms with Crippen LogP contribution in [0.4, 0.5) is 17.2 Å². The highest BCUT2D eigenvalue weighted by atomic mass is 79.9. The van der Waals surface area contributed by atoms with Gasteiger partial charge in [0, 0.05) is 29.0 Å². The maximum Gasteiger partial charge on any atom is 0.127 e. The quantitative estimate of drug-likeness (QED) is 0.837. The number of nitrogens with zero attached hydrogens (tertiary/aromatic N) is 1. The lowest BCUT2D eigenvalue weighted by Crippen LogP contribution is -2.02. The van der Waals surface area contributed by atoms with Gasteiger partial charge < -0.3 is 10.6 Å². The van der Waals surface area contributed by atoms with Crippen LogP contribution in [0, 0.1) is 6.92 Å². The van der Waals surface area contributed by atoms with Crippen LogP contribution in [0.1, 0.15) is 18.9 Å². The Balaban J connectivity index is 2.14. The number of pyridine rings is 1. The highest BCUT2D eigenvalue weighted by Crippen LogP contribution is 2.27. The summed E-state index contributed by atoms with van der Waals surface area (Å²) in [6.07, 6.45) is 2.89. The molecular formula is C15H18BrN3. The van der Waals surface area contributed by atoms with Gasteiger partial charge in [-0.3, -0.25) is 0 Å². The van der Waals surface area contributed by atoms with E-state index in [1.165, 1.54) is 5.56 Å². The van der Waals surface area contributed by atoms with Crippen molar-refractivity contribution in [3.8, 4) is 0 Å². The first-order valence-corrected chi connectivity index (χ1v) is 7.21. The zero-order valence-electron chi connectivity index (χ0n) is 11.2. The van der Waals surface area contributed by atoms with Gasteiger partial charge in [-0.25, -0.2) is 4.98 Å². The van der Waals surface area contributed by atoms with Crippen LogP contribution in [0.2, 0.25) is 0 Å². The van der Waals surface area contributed by atoms with Gasteiger partial charge in [-0.05, 0) is 53.0 Å². The molecule has 0 fully saturated rings. The van der Waals surface area contributed by atoms with Crippen molar-refractivity contribution in [2.45, 2.75) is 20.3 Å². The molecule has 0 aliphatic heterocycles. The van der Waals surface area contributed by atoms with Crippen molar-refractivity contribution in [3.05, 3.63) is 46.6 Å². The number of rotatable bonds is 5. The molecule has 0 spiro atoms. The number of hydrogen-bond acceptors (Lipinski definition) is 3. The third kappa shape index (κ3) is 3.96. The Labute approximate surface area is 122 Å². The van der Waals surface area contributed by atoms with E-state index < -0.39 is 0 Å². The summed E-state index contributed by atoms with van der Waals surface area (Å²) >= 11 is 3.57. The predicted molar refractivity (Wildman–Crippen MR) is 85.2 cm³/mol. The zero-order chi connectivity index (χ0) is 13.7. The van der Waals surface area contributed by atoms with E-state index in [9.17, 15) is 0 Å². The van der Waals surface area contributed by atoms with Crippen LogP contribution in [-0.2, 0) is 0 Å². The second-order valence-corrected chi connectivity index (χ2v) is 5.32. The molecule has 0 radical (unpaired) electrons. The number of anilines is 3. The highest BCUT2D eigenvalue weighted by molar-refractivity contribution is 9.10. The van der Waals surface area contributed by atoms with Crippen molar-refractivity contribution in [1.29, 1.82) is 0 Å². The molecule has 0 saturated carbocycles. The molecule has 0 saturated heterocycles. The second kappa shape index (κ2) is 6.57. The lowest BCUT2D eigenvalue weighted by Gasteiger charge is -2.11. The van der Waals surface area contributed by atoms with Gasteiger partial charge in [-0.1, -0.05) is 13.0 Å². The summed E-state index contributed by atoms with van der Waals surface area (Å²) in [4.78, 5) is 4.29. The van der Waals surface area contributed by atoms with Crippen molar-refractivity contribution < 1.29 is 0 Å². The highest BCUT2D eigenvalue weighted by Gasteiger charge is 2.02. The first kappa shape index (κ1) is 13.9. The summed E-state index contributed by atoms with van der Waals surface area (Å²) in [5.41, 5.74) is 3.31. The van der Waals surface area contributed by atoms with Crippen molar-refractivity contribution in [2.24, 2.45) is 0 Å². The molecule has 1 heterocycles. The lowest BCUT2D eigenvalue weighted by atomic mass is 10.2. The SMILES string of the molecule is CCCNc1cc(Nc2ccc(C)cc2Br)ccn1. The average molecular weight is 320 g/mol. The van der Waals surface area contributed by atoms with Gasteiger partial charge in [0.2, 0.25) is 0 Å². The maximum atomic E-state index is 4.29. The summed E-state index contributed by atoms with van der Waals surface area (Å²) < 4.78 is 1.06. The molecule has 0 aliphatic carbocycles. The molecule has 3 nitrogen and oxygen atoms in total. The van der Waals surface area contributed by atoms with Crippen molar-refractivity contribution >= 4 is 33.1 Å². The third-order valence-electron chi connectivity index (χ3n) is 2.72. The Hall–Kier alpha value is -1.55. The van der Waals surface area contributed by atoms with Crippen LogP contribution >= 0.6 is 15.9 Å². The second-order valence-electron chi connectivity index (χ2n) is 4.46. The molecule has 2 N–H and O–H groups in total. The number of aryl methyl sites for hydroxylation is 1. The zero-order valence-corrected chi connectivity index (χ0v) is 12.8. The Kier molecular flexibility index (Phi) is 4.80. The summed E-state index contributed by atoms with van der Waals surface area (Å²) in [5, 5.41) is 6.67. The van der Waals surface area contributed by atoms with Crippen LogP contribution in [-0.4, -0.2) is 11.5 Å². The van der Waals surface area contributed by atoms with Crippen LogP contribution in [0.15, 0.2) is 41.0 Å². The fourth-order valence-electron chi connectivity index (χ4n) is 1.74. The molecule has 0 aliphatic rings. The molecule has 19 heavy (non-hydrogen) atoms.